The van der Waals surface area contributed by atoms with Crippen LogP contribution < -0.4 is 16.0 Å². The number of urea groups is 2. The molecule has 23 heavy (non-hydrogen) atoms. The van der Waals surface area contributed by atoms with E-state index in [1.807, 2.05) is 18.2 Å². The first-order valence-corrected chi connectivity index (χ1v) is 7.78. The lowest BCUT2D eigenvalue weighted by atomic mass is 9.89. The summed E-state index contributed by atoms with van der Waals surface area (Å²) in [5, 5.41) is 8.27. The predicted octanol–water partition coefficient (Wildman–Crippen LogP) is 1.22. The molecule has 0 radical (unpaired) electrons. The molecule has 0 aromatic heterocycles. The Hall–Kier alpha value is -2.28. The number of amides is 5. The third kappa shape index (κ3) is 3.10. The van der Waals surface area contributed by atoms with Gasteiger partial charge in [-0.15, -0.1) is 0 Å². The number of nitrogens with zero attached hydrogens (tertiary/aromatic N) is 1. The van der Waals surface area contributed by atoms with Gasteiger partial charge >= 0.3 is 12.1 Å². The second-order valence-electron chi connectivity index (χ2n) is 5.77. The SMILES string of the molecule is O=C1NC(=O)C2(CCCN(C(=O)NCc3ccccc3Cl)C2)N1. The van der Waals surface area contributed by atoms with E-state index in [2.05, 4.69) is 16.0 Å². The molecule has 0 bridgehead atoms. The molecule has 2 saturated heterocycles. The van der Waals surface area contributed by atoms with Crippen LogP contribution in [0.1, 0.15) is 18.4 Å². The van der Waals surface area contributed by atoms with Crippen molar-refractivity contribution in [1.82, 2.24) is 20.9 Å². The van der Waals surface area contributed by atoms with Gasteiger partial charge in [0.2, 0.25) is 0 Å². The molecule has 2 heterocycles. The van der Waals surface area contributed by atoms with Crippen LogP contribution in [0.4, 0.5) is 9.59 Å². The molecule has 122 valence electrons. The van der Waals surface area contributed by atoms with Gasteiger partial charge in [0.05, 0.1) is 6.54 Å². The second kappa shape index (κ2) is 6.08. The summed E-state index contributed by atoms with van der Waals surface area (Å²) >= 11 is 6.06. The van der Waals surface area contributed by atoms with Gasteiger partial charge in [-0.2, -0.15) is 0 Å². The molecule has 3 rings (SSSR count). The lowest BCUT2D eigenvalue weighted by Crippen LogP contribution is -2.60. The molecule has 0 aliphatic carbocycles. The predicted molar refractivity (Wildman–Crippen MR) is 83.9 cm³/mol. The Morgan fingerprint density at radius 1 is 1.35 bits per heavy atom. The van der Waals surface area contributed by atoms with Crippen molar-refractivity contribution in [3.05, 3.63) is 34.9 Å². The van der Waals surface area contributed by atoms with Gasteiger partial charge in [0.25, 0.3) is 5.91 Å². The van der Waals surface area contributed by atoms with Crippen molar-refractivity contribution in [2.45, 2.75) is 24.9 Å². The van der Waals surface area contributed by atoms with Crippen LogP contribution in [0.5, 0.6) is 0 Å². The van der Waals surface area contributed by atoms with Crippen LogP contribution in [-0.2, 0) is 11.3 Å². The summed E-state index contributed by atoms with van der Waals surface area (Å²) < 4.78 is 0. The van der Waals surface area contributed by atoms with Crippen LogP contribution in [0.25, 0.3) is 0 Å². The Morgan fingerprint density at radius 3 is 2.83 bits per heavy atom. The van der Waals surface area contributed by atoms with E-state index in [1.54, 1.807) is 11.0 Å². The first kappa shape index (κ1) is 15.6. The van der Waals surface area contributed by atoms with Crippen LogP contribution in [0.15, 0.2) is 24.3 Å². The molecule has 2 fully saturated rings. The van der Waals surface area contributed by atoms with Gasteiger partial charge in [0.1, 0.15) is 5.54 Å². The quantitative estimate of drug-likeness (QED) is 0.709. The topological polar surface area (TPSA) is 90.5 Å². The molecule has 3 N–H and O–H groups in total. The minimum Gasteiger partial charge on any atom is -0.334 e. The highest BCUT2D eigenvalue weighted by Gasteiger charge is 2.49. The Labute approximate surface area is 138 Å². The van der Waals surface area contributed by atoms with Crippen molar-refractivity contribution in [3.8, 4) is 0 Å². The zero-order valence-electron chi connectivity index (χ0n) is 12.4. The van der Waals surface area contributed by atoms with Crippen molar-refractivity contribution in [3.63, 3.8) is 0 Å². The zero-order chi connectivity index (χ0) is 16.4. The molecule has 1 atom stereocenters. The van der Waals surface area contributed by atoms with Crippen molar-refractivity contribution in [1.29, 1.82) is 0 Å². The maximum Gasteiger partial charge on any atom is 0.322 e. The third-order valence-electron chi connectivity index (χ3n) is 4.18. The number of likely N-dealkylation sites (tertiary alicyclic amines) is 1. The number of halogens is 1. The van der Waals surface area contributed by atoms with E-state index in [4.69, 9.17) is 11.6 Å². The lowest BCUT2D eigenvalue weighted by Gasteiger charge is -2.37. The number of rotatable bonds is 2. The van der Waals surface area contributed by atoms with E-state index in [0.29, 0.717) is 31.0 Å². The highest BCUT2D eigenvalue weighted by molar-refractivity contribution is 6.31. The van der Waals surface area contributed by atoms with Crippen molar-refractivity contribution in [2.75, 3.05) is 13.1 Å². The number of nitrogens with one attached hydrogen (secondary N) is 3. The van der Waals surface area contributed by atoms with Crippen LogP contribution >= 0.6 is 11.6 Å². The highest BCUT2D eigenvalue weighted by atomic mass is 35.5. The molecule has 1 aromatic rings. The fraction of sp³-hybridized carbons (Fsp3) is 0.400. The van der Waals surface area contributed by atoms with Gasteiger partial charge in [-0.1, -0.05) is 29.8 Å². The normalized spacial score (nSPS) is 23.6. The molecule has 2 aliphatic heterocycles. The smallest absolute Gasteiger partial charge is 0.322 e. The number of hydrogen-bond donors (Lipinski definition) is 3. The minimum absolute atomic E-state index is 0.166. The summed E-state index contributed by atoms with van der Waals surface area (Å²) in [5.41, 5.74) is -0.182. The van der Waals surface area contributed by atoms with Crippen LogP contribution in [0.3, 0.4) is 0 Å². The molecule has 1 unspecified atom stereocenters. The highest BCUT2D eigenvalue weighted by Crippen LogP contribution is 2.24. The molecular formula is C15H17ClN4O3. The zero-order valence-corrected chi connectivity index (χ0v) is 13.2. The first-order chi connectivity index (χ1) is 11.0. The standard InChI is InChI=1S/C15H17ClN4O3/c16-11-5-2-1-4-10(11)8-17-14(23)20-7-3-6-15(9-20)12(21)18-13(22)19-15/h1-2,4-5H,3,6-9H2,(H,17,23)(H2,18,19,21,22). The largest absolute Gasteiger partial charge is 0.334 e. The number of carbonyl (C=O) groups excluding carboxylic acids is 3. The number of carbonyl (C=O) groups is 3. The lowest BCUT2D eigenvalue weighted by molar-refractivity contribution is -0.125. The molecule has 2 aliphatic rings. The first-order valence-electron chi connectivity index (χ1n) is 7.40. The van der Waals surface area contributed by atoms with E-state index in [9.17, 15) is 14.4 Å². The number of piperidine rings is 1. The Kier molecular flexibility index (Phi) is 4.12. The summed E-state index contributed by atoms with van der Waals surface area (Å²) in [6, 6.07) is 6.49. The van der Waals surface area contributed by atoms with Gasteiger partial charge in [-0.3, -0.25) is 10.1 Å². The maximum absolute atomic E-state index is 12.3. The van der Waals surface area contributed by atoms with Crippen LogP contribution in [-0.4, -0.2) is 41.5 Å². The second-order valence-corrected chi connectivity index (χ2v) is 6.17. The fourth-order valence-corrected chi connectivity index (χ4v) is 3.17. The molecule has 8 heteroatoms. The average Bonchev–Trinajstić information content (AvgIpc) is 2.79. The van der Waals surface area contributed by atoms with E-state index in [1.165, 1.54) is 0 Å². The van der Waals surface area contributed by atoms with E-state index in [-0.39, 0.29) is 18.5 Å². The number of hydrogen-bond acceptors (Lipinski definition) is 3. The maximum atomic E-state index is 12.3. The average molecular weight is 337 g/mol. The van der Waals surface area contributed by atoms with Gasteiger partial charge in [-0.05, 0) is 24.5 Å². The van der Waals surface area contributed by atoms with Crippen molar-refractivity contribution >= 4 is 29.6 Å². The van der Waals surface area contributed by atoms with Gasteiger partial charge in [0.15, 0.2) is 0 Å². The summed E-state index contributed by atoms with van der Waals surface area (Å²) in [6.07, 6.45) is 1.17. The van der Waals surface area contributed by atoms with Crippen molar-refractivity contribution < 1.29 is 14.4 Å². The molecule has 5 amide bonds. The van der Waals surface area contributed by atoms with Gasteiger partial charge in [0, 0.05) is 18.1 Å². The third-order valence-corrected chi connectivity index (χ3v) is 4.55. The number of benzene rings is 1. The van der Waals surface area contributed by atoms with Crippen LogP contribution in [0.2, 0.25) is 5.02 Å². The molecule has 0 saturated carbocycles. The number of imide groups is 1. The van der Waals surface area contributed by atoms with Crippen molar-refractivity contribution in [2.24, 2.45) is 0 Å². The Morgan fingerprint density at radius 2 is 2.13 bits per heavy atom. The molecule has 1 aromatic carbocycles. The minimum atomic E-state index is -1.00. The van der Waals surface area contributed by atoms with E-state index < -0.39 is 11.6 Å². The molecular weight excluding hydrogens is 320 g/mol. The summed E-state index contributed by atoms with van der Waals surface area (Å²) in [5.74, 6) is -0.369. The fourth-order valence-electron chi connectivity index (χ4n) is 2.97. The Bertz CT molecular complexity index is 666. The molecule has 1 spiro atoms. The van der Waals surface area contributed by atoms with E-state index >= 15 is 0 Å². The van der Waals surface area contributed by atoms with Gasteiger partial charge in [-0.25, -0.2) is 9.59 Å². The molecule has 7 nitrogen and oxygen atoms in total. The Balaban J connectivity index is 1.63. The summed E-state index contributed by atoms with van der Waals surface area (Å²) in [4.78, 5) is 37.2. The van der Waals surface area contributed by atoms with E-state index in [0.717, 1.165) is 5.56 Å². The van der Waals surface area contributed by atoms with Gasteiger partial charge < -0.3 is 15.5 Å². The summed E-state index contributed by atoms with van der Waals surface area (Å²) in [7, 11) is 0. The van der Waals surface area contributed by atoms with Crippen LogP contribution in [0, 0.1) is 0 Å². The summed E-state index contributed by atoms with van der Waals surface area (Å²) in [6.45, 7) is 1.01. The monoisotopic (exact) mass is 336 g/mol.